The van der Waals surface area contributed by atoms with Crippen molar-refractivity contribution >= 4 is 15.9 Å². The highest BCUT2D eigenvalue weighted by molar-refractivity contribution is 9.10. The molecule has 0 amide bonds. The van der Waals surface area contributed by atoms with Crippen LogP contribution in [0.25, 0.3) is 0 Å². The van der Waals surface area contributed by atoms with E-state index in [1.807, 2.05) is 12.1 Å². The first-order chi connectivity index (χ1) is 8.16. The van der Waals surface area contributed by atoms with Crippen molar-refractivity contribution in [2.24, 2.45) is 11.8 Å². The largest absolute Gasteiger partial charge is 0.486 e. The Morgan fingerprint density at radius 2 is 1.88 bits per heavy atom. The second kappa shape index (κ2) is 4.18. The number of aliphatic hydroxyl groups excluding tert-OH is 1. The smallest absolute Gasteiger partial charge is 0.162 e. The molecule has 1 heterocycles. The summed E-state index contributed by atoms with van der Waals surface area (Å²) >= 11 is 3.50. The maximum absolute atomic E-state index is 10.3. The van der Waals surface area contributed by atoms with Gasteiger partial charge in [-0.25, -0.2) is 0 Å². The average molecular weight is 299 g/mol. The van der Waals surface area contributed by atoms with Gasteiger partial charge in [0.25, 0.3) is 0 Å². The maximum atomic E-state index is 10.3. The third-order valence-corrected chi connectivity index (χ3v) is 4.24. The normalized spacial score (nSPS) is 27.7. The Morgan fingerprint density at radius 1 is 1.29 bits per heavy atom. The van der Waals surface area contributed by atoms with E-state index >= 15 is 0 Å². The second-order valence-electron chi connectivity index (χ2n) is 4.84. The van der Waals surface area contributed by atoms with Gasteiger partial charge < -0.3 is 14.6 Å². The predicted octanol–water partition coefficient (Wildman–Crippen LogP) is 2.91. The van der Waals surface area contributed by atoms with E-state index in [2.05, 4.69) is 22.9 Å². The molecule has 1 aromatic rings. The fourth-order valence-electron chi connectivity index (χ4n) is 2.33. The van der Waals surface area contributed by atoms with Crippen LogP contribution in [-0.4, -0.2) is 18.3 Å². The van der Waals surface area contributed by atoms with Crippen molar-refractivity contribution in [3.63, 3.8) is 0 Å². The van der Waals surface area contributed by atoms with Gasteiger partial charge in [0.05, 0.1) is 6.10 Å². The van der Waals surface area contributed by atoms with Crippen LogP contribution >= 0.6 is 15.9 Å². The number of rotatable bonds is 2. The molecule has 0 aromatic heterocycles. The molecule has 1 aromatic carbocycles. The molecule has 1 saturated carbocycles. The molecule has 1 fully saturated rings. The summed E-state index contributed by atoms with van der Waals surface area (Å²) in [6.45, 7) is 3.32. The minimum Gasteiger partial charge on any atom is -0.486 e. The maximum Gasteiger partial charge on any atom is 0.162 e. The lowest BCUT2D eigenvalue weighted by Gasteiger charge is -2.21. The van der Waals surface area contributed by atoms with Gasteiger partial charge >= 0.3 is 0 Å². The molecule has 92 valence electrons. The molecular weight excluding hydrogens is 284 g/mol. The number of aliphatic hydroxyl groups is 1. The fourth-order valence-corrected chi connectivity index (χ4v) is 2.88. The Bertz CT molecular complexity index is 447. The Labute approximate surface area is 109 Å². The summed E-state index contributed by atoms with van der Waals surface area (Å²) in [5.74, 6) is 2.49. The van der Waals surface area contributed by atoms with E-state index in [-0.39, 0.29) is 0 Å². The van der Waals surface area contributed by atoms with Gasteiger partial charge in [-0.05, 0) is 36.0 Å². The highest BCUT2D eigenvalue weighted by Gasteiger charge is 2.40. The number of hydrogen-bond acceptors (Lipinski definition) is 3. The molecule has 0 saturated heterocycles. The summed E-state index contributed by atoms with van der Waals surface area (Å²) in [5.41, 5.74) is 0.906. The molecule has 17 heavy (non-hydrogen) atoms. The van der Waals surface area contributed by atoms with Gasteiger partial charge in [0, 0.05) is 4.47 Å². The molecule has 3 atom stereocenters. The van der Waals surface area contributed by atoms with Gasteiger partial charge in [-0.15, -0.1) is 0 Å². The summed E-state index contributed by atoms with van der Waals surface area (Å²) in [7, 11) is 0. The van der Waals surface area contributed by atoms with E-state index in [4.69, 9.17) is 9.47 Å². The minimum absolute atomic E-state index is 0.383. The molecule has 4 heteroatoms. The van der Waals surface area contributed by atoms with Crippen molar-refractivity contribution in [3.05, 3.63) is 22.2 Å². The Kier molecular flexibility index (Phi) is 2.79. The monoisotopic (exact) mass is 298 g/mol. The first-order valence-electron chi connectivity index (χ1n) is 5.94. The summed E-state index contributed by atoms with van der Waals surface area (Å²) in [6.07, 6.45) is 0.692. The number of fused-ring (bicyclic) bond motifs is 1. The quantitative estimate of drug-likeness (QED) is 0.912. The molecule has 1 N–H and O–H groups in total. The minimum atomic E-state index is -0.407. The zero-order chi connectivity index (χ0) is 12.0. The molecule has 0 spiro atoms. The molecule has 3 rings (SSSR count). The third kappa shape index (κ3) is 2.04. The van der Waals surface area contributed by atoms with Gasteiger partial charge in [0.15, 0.2) is 11.5 Å². The number of hydrogen-bond donors (Lipinski definition) is 1. The highest BCUT2D eigenvalue weighted by Crippen LogP contribution is 2.49. The van der Waals surface area contributed by atoms with Crippen molar-refractivity contribution in [2.75, 3.05) is 13.2 Å². The van der Waals surface area contributed by atoms with Crippen LogP contribution in [0.1, 0.15) is 25.0 Å². The summed E-state index contributed by atoms with van der Waals surface area (Å²) in [4.78, 5) is 0. The fraction of sp³-hybridized carbons (Fsp3) is 0.538. The zero-order valence-electron chi connectivity index (χ0n) is 9.65. The SMILES string of the molecule is CC1CC1C(O)c1cc2c(cc1Br)OCCO2. The molecule has 2 aliphatic rings. The van der Waals surface area contributed by atoms with Crippen LogP contribution in [0.2, 0.25) is 0 Å². The van der Waals surface area contributed by atoms with Gasteiger partial charge in [-0.1, -0.05) is 22.9 Å². The molecule has 0 radical (unpaired) electrons. The number of halogens is 1. The van der Waals surface area contributed by atoms with Crippen LogP contribution in [-0.2, 0) is 0 Å². The van der Waals surface area contributed by atoms with Crippen molar-refractivity contribution < 1.29 is 14.6 Å². The van der Waals surface area contributed by atoms with Crippen molar-refractivity contribution in [3.8, 4) is 11.5 Å². The molecule has 0 bridgehead atoms. The van der Waals surface area contributed by atoms with Crippen LogP contribution in [0.3, 0.4) is 0 Å². The molecule has 3 unspecified atom stereocenters. The Balaban J connectivity index is 1.93. The predicted molar refractivity (Wildman–Crippen MR) is 67.4 cm³/mol. The van der Waals surface area contributed by atoms with E-state index in [0.717, 1.165) is 28.0 Å². The van der Waals surface area contributed by atoms with E-state index < -0.39 is 6.10 Å². The van der Waals surface area contributed by atoms with E-state index in [1.165, 1.54) is 0 Å². The van der Waals surface area contributed by atoms with Crippen molar-refractivity contribution in [1.82, 2.24) is 0 Å². The summed E-state index contributed by atoms with van der Waals surface area (Å²) < 4.78 is 11.9. The van der Waals surface area contributed by atoms with Crippen molar-refractivity contribution in [2.45, 2.75) is 19.4 Å². The zero-order valence-corrected chi connectivity index (χ0v) is 11.2. The lowest BCUT2D eigenvalue weighted by molar-refractivity contribution is 0.144. The van der Waals surface area contributed by atoms with E-state index in [1.54, 1.807) is 0 Å². The summed E-state index contributed by atoms with van der Waals surface area (Å²) in [6, 6.07) is 3.79. The first kappa shape index (κ1) is 11.4. The lowest BCUT2D eigenvalue weighted by atomic mass is 10.0. The van der Waals surface area contributed by atoms with E-state index in [0.29, 0.717) is 25.0 Å². The lowest BCUT2D eigenvalue weighted by Crippen LogP contribution is -2.16. The van der Waals surface area contributed by atoms with Crippen LogP contribution < -0.4 is 9.47 Å². The highest BCUT2D eigenvalue weighted by atomic mass is 79.9. The Hall–Kier alpha value is -0.740. The molecule has 1 aliphatic carbocycles. The van der Waals surface area contributed by atoms with Gasteiger partial charge in [-0.2, -0.15) is 0 Å². The first-order valence-corrected chi connectivity index (χ1v) is 6.73. The second-order valence-corrected chi connectivity index (χ2v) is 5.69. The number of benzene rings is 1. The number of ether oxygens (including phenoxy) is 2. The molecule has 1 aliphatic heterocycles. The third-order valence-electron chi connectivity index (χ3n) is 3.56. The molecule has 3 nitrogen and oxygen atoms in total. The van der Waals surface area contributed by atoms with Gasteiger partial charge in [0.1, 0.15) is 13.2 Å². The van der Waals surface area contributed by atoms with Crippen LogP contribution in [0, 0.1) is 11.8 Å². The van der Waals surface area contributed by atoms with E-state index in [9.17, 15) is 5.11 Å². The van der Waals surface area contributed by atoms with Crippen LogP contribution in [0.5, 0.6) is 11.5 Å². The topological polar surface area (TPSA) is 38.7 Å². The van der Waals surface area contributed by atoms with Crippen LogP contribution in [0.4, 0.5) is 0 Å². The summed E-state index contributed by atoms with van der Waals surface area (Å²) in [5, 5.41) is 10.3. The van der Waals surface area contributed by atoms with Gasteiger partial charge in [-0.3, -0.25) is 0 Å². The Morgan fingerprint density at radius 3 is 2.47 bits per heavy atom. The molecular formula is C13H15BrO3. The standard InChI is InChI=1S/C13H15BrO3/c1-7-4-8(7)13(15)9-5-11-12(6-10(9)14)17-3-2-16-11/h5-8,13,15H,2-4H2,1H3. The average Bonchev–Trinajstić information content (AvgIpc) is 3.05. The van der Waals surface area contributed by atoms with Crippen LogP contribution in [0.15, 0.2) is 16.6 Å². The van der Waals surface area contributed by atoms with Gasteiger partial charge in [0.2, 0.25) is 0 Å². The van der Waals surface area contributed by atoms with Crippen molar-refractivity contribution in [1.29, 1.82) is 0 Å².